The van der Waals surface area contributed by atoms with Gasteiger partial charge >= 0.3 is 0 Å². The van der Waals surface area contributed by atoms with Crippen molar-refractivity contribution >= 4 is 23.2 Å². The molecular formula is C17H19FN2O2S. The summed E-state index contributed by atoms with van der Waals surface area (Å²) in [6.45, 7) is 3.98. The fourth-order valence-corrected chi connectivity index (χ4v) is 3.27. The van der Waals surface area contributed by atoms with Crippen LogP contribution >= 0.6 is 11.3 Å². The van der Waals surface area contributed by atoms with E-state index in [9.17, 15) is 14.0 Å². The van der Waals surface area contributed by atoms with Crippen molar-refractivity contribution in [2.24, 2.45) is 11.7 Å². The fraction of sp³-hybridized carbons (Fsp3) is 0.294. The van der Waals surface area contributed by atoms with Gasteiger partial charge in [-0.05, 0) is 44.0 Å². The molecule has 2 amide bonds. The lowest BCUT2D eigenvalue weighted by atomic mass is 9.98. The molecule has 1 aromatic carbocycles. The van der Waals surface area contributed by atoms with Gasteiger partial charge < -0.3 is 11.1 Å². The van der Waals surface area contributed by atoms with E-state index in [1.54, 1.807) is 23.5 Å². The van der Waals surface area contributed by atoms with Crippen LogP contribution in [0.5, 0.6) is 0 Å². The Balaban J connectivity index is 1.99. The highest BCUT2D eigenvalue weighted by Gasteiger charge is 2.19. The topological polar surface area (TPSA) is 72.2 Å². The third-order valence-electron chi connectivity index (χ3n) is 3.59. The Morgan fingerprint density at radius 1 is 1.26 bits per heavy atom. The van der Waals surface area contributed by atoms with Crippen LogP contribution in [0, 0.1) is 25.6 Å². The van der Waals surface area contributed by atoms with Gasteiger partial charge in [0.2, 0.25) is 5.91 Å². The molecule has 0 bridgehead atoms. The Morgan fingerprint density at radius 2 is 1.91 bits per heavy atom. The van der Waals surface area contributed by atoms with Crippen LogP contribution in [-0.2, 0) is 11.2 Å². The van der Waals surface area contributed by atoms with Gasteiger partial charge in [0.25, 0.3) is 5.91 Å². The number of carbonyl (C=O) groups is 2. The van der Waals surface area contributed by atoms with Gasteiger partial charge in [0.05, 0.1) is 11.5 Å². The number of primary amides is 1. The van der Waals surface area contributed by atoms with Gasteiger partial charge in [-0.1, -0.05) is 12.1 Å². The standard InChI is InChI=1S/C17H19FN2O2S/c1-10-7-15(11(2)23-10)17(22)20-9-13(16(19)21)8-12-3-5-14(18)6-4-12/h3-7,13H,8-9H2,1-2H3,(H2,19,21)(H,20,22)/t13-/m1/s1. The molecule has 4 nitrogen and oxygen atoms in total. The third-order valence-corrected chi connectivity index (χ3v) is 4.56. The van der Waals surface area contributed by atoms with Gasteiger partial charge in [-0.25, -0.2) is 4.39 Å². The number of thiophene rings is 1. The lowest BCUT2D eigenvalue weighted by Gasteiger charge is -2.14. The molecule has 1 heterocycles. The van der Waals surface area contributed by atoms with Crippen molar-refractivity contribution in [3.8, 4) is 0 Å². The van der Waals surface area contributed by atoms with Crippen LogP contribution in [0.25, 0.3) is 0 Å². The highest BCUT2D eigenvalue weighted by Crippen LogP contribution is 2.20. The largest absolute Gasteiger partial charge is 0.369 e. The van der Waals surface area contributed by atoms with Crippen LogP contribution in [-0.4, -0.2) is 18.4 Å². The average molecular weight is 334 g/mol. The summed E-state index contributed by atoms with van der Waals surface area (Å²) in [4.78, 5) is 25.8. The molecule has 0 fully saturated rings. The molecule has 0 unspecified atom stereocenters. The molecule has 0 radical (unpaired) electrons. The summed E-state index contributed by atoms with van der Waals surface area (Å²) >= 11 is 1.55. The maximum Gasteiger partial charge on any atom is 0.252 e. The number of halogens is 1. The first-order chi connectivity index (χ1) is 10.9. The number of carbonyl (C=O) groups excluding carboxylic acids is 2. The molecule has 2 rings (SSSR count). The maximum atomic E-state index is 12.9. The van der Waals surface area contributed by atoms with Gasteiger partial charge in [-0.15, -0.1) is 11.3 Å². The Hall–Kier alpha value is -2.21. The van der Waals surface area contributed by atoms with E-state index in [1.165, 1.54) is 12.1 Å². The molecule has 3 N–H and O–H groups in total. The van der Waals surface area contributed by atoms with Crippen molar-refractivity contribution in [3.05, 3.63) is 57.0 Å². The van der Waals surface area contributed by atoms with E-state index in [0.717, 1.165) is 15.3 Å². The predicted molar refractivity (Wildman–Crippen MR) is 88.9 cm³/mol. The summed E-state index contributed by atoms with van der Waals surface area (Å²) < 4.78 is 12.9. The summed E-state index contributed by atoms with van der Waals surface area (Å²) in [5, 5.41) is 2.76. The summed E-state index contributed by atoms with van der Waals surface area (Å²) in [5.74, 6) is -1.57. The summed E-state index contributed by atoms with van der Waals surface area (Å²) in [6, 6.07) is 7.72. The zero-order valence-corrected chi connectivity index (χ0v) is 13.9. The molecule has 1 atom stereocenters. The number of nitrogens with two attached hydrogens (primary N) is 1. The number of hydrogen-bond acceptors (Lipinski definition) is 3. The molecule has 122 valence electrons. The molecule has 0 aliphatic rings. The van der Waals surface area contributed by atoms with Crippen molar-refractivity contribution in [1.29, 1.82) is 0 Å². The first-order valence-corrected chi connectivity index (χ1v) is 8.07. The van der Waals surface area contributed by atoms with E-state index in [-0.39, 0.29) is 18.3 Å². The van der Waals surface area contributed by atoms with Crippen LogP contribution in [0.2, 0.25) is 0 Å². The monoisotopic (exact) mass is 334 g/mol. The Labute approximate surface area is 138 Å². The molecule has 0 aliphatic heterocycles. The molecule has 0 aliphatic carbocycles. The van der Waals surface area contributed by atoms with Gasteiger partial charge in [0.15, 0.2) is 0 Å². The first kappa shape index (κ1) is 17.1. The van der Waals surface area contributed by atoms with E-state index < -0.39 is 11.8 Å². The van der Waals surface area contributed by atoms with Gasteiger partial charge in [-0.3, -0.25) is 9.59 Å². The lowest BCUT2D eigenvalue weighted by Crippen LogP contribution is -2.37. The molecule has 0 saturated heterocycles. The van der Waals surface area contributed by atoms with Crippen molar-refractivity contribution in [3.63, 3.8) is 0 Å². The quantitative estimate of drug-likeness (QED) is 0.852. The first-order valence-electron chi connectivity index (χ1n) is 7.26. The second kappa shape index (κ2) is 7.37. The average Bonchev–Trinajstić information content (AvgIpc) is 2.83. The highest BCUT2D eigenvalue weighted by atomic mass is 32.1. The SMILES string of the molecule is Cc1cc(C(=O)NC[C@@H](Cc2ccc(F)cc2)C(N)=O)c(C)s1. The molecule has 23 heavy (non-hydrogen) atoms. The van der Waals surface area contributed by atoms with Crippen LogP contribution in [0.15, 0.2) is 30.3 Å². The van der Waals surface area contributed by atoms with Gasteiger partial charge in [0, 0.05) is 16.3 Å². The van der Waals surface area contributed by atoms with Crippen molar-refractivity contribution in [2.75, 3.05) is 6.54 Å². The van der Waals surface area contributed by atoms with Crippen molar-refractivity contribution in [1.82, 2.24) is 5.32 Å². The Kier molecular flexibility index (Phi) is 5.50. The second-order valence-electron chi connectivity index (χ2n) is 5.47. The Bertz CT molecular complexity index is 710. The number of aryl methyl sites for hydroxylation is 2. The number of nitrogens with one attached hydrogen (secondary N) is 1. The minimum atomic E-state index is -0.538. The van der Waals surface area contributed by atoms with E-state index in [4.69, 9.17) is 5.73 Å². The minimum Gasteiger partial charge on any atom is -0.369 e. The number of amides is 2. The summed E-state index contributed by atoms with van der Waals surface area (Å²) in [7, 11) is 0. The summed E-state index contributed by atoms with van der Waals surface area (Å²) in [6.07, 6.45) is 0.359. The van der Waals surface area contributed by atoms with Gasteiger partial charge in [-0.2, -0.15) is 0 Å². The van der Waals surface area contributed by atoms with E-state index in [1.807, 2.05) is 19.9 Å². The van der Waals surface area contributed by atoms with Crippen LogP contribution < -0.4 is 11.1 Å². The van der Waals surface area contributed by atoms with E-state index in [0.29, 0.717) is 12.0 Å². The molecule has 1 aromatic heterocycles. The molecule has 0 spiro atoms. The minimum absolute atomic E-state index is 0.153. The molecule has 2 aromatic rings. The van der Waals surface area contributed by atoms with Crippen LogP contribution in [0.4, 0.5) is 4.39 Å². The lowest BCUT2D eigenvalue weighted by molar-refractivity contribution is -0.121. The molecule has 0 saturated carbocycles. The van der Waals surface area contributed by atoms with Gasteiger partial charge in [0.1, 0.15) is 5.82 Å². The Morgan fingerprint density at radius 3 is 2.43 bits per heavy atom. The van der Waals surface area contributed by atoms with E-state index in [2.05, 4.69) is 5.32 Å². The van der Waals surface area contributed by atoms with Crippen molar-refractivity contribution < 1.29 is 14.0 Å². The smallest absolute Gasteiger partial charge is 0.252 e. The summed E-state index contributed by atoms with van der Waals surface area (Å²) in [5.41, 5.74) is 6.83. The van der Waals surface area contributed by atoms with E-state index >= 15 is 0 Å². The fourth-order valence-electron chi connectivity index (χ4n) is 2.35. The van der Waals surface area contributed by atoms with Crippen LogP contribution in [0.1, 0.15) is 25.7 Å². The maximum absolute atomic E-state index is 12.9. The zero-order chi connectivity index (χ0) is 17.0. The van der Waals surface area contributed by atoms with Crippen molar-refractivity contribution in [2.45, 2.75) is 20.3 Å². The number of hydrogen-bond donors (Lipinski definition) is 2. The third kappa shape index (κ3) is 4.63. The predicted octanol–water partition coefficient (Wildman–Crippen LogP) is 2.58. The normalized spacial score (nSPS) is 12.0. The number of rotatable bonds is 6. The van der Waals surface area contributed by atoms with Crippen LogP contribution in [0.3, 0.4) is 0 Å². The zero-order valence-electron chi connectivity index (χ0n) is 13.1. The second-order valence-corrected chi connectivity index (χ2v) is 6.93. The molecular weight excluding hydrogens is 315 g/mol. The highest BCUT2D eigenvalue weighted by molar-refractivity contribution is 7.12. The number of benzene rings is 1. The molecule has 6 heteroatoms.